The van der Waals surface area contributed by atoms with Crippen molar-refractivity contribution in [2.45, 2.75) is 25.7 Å². The van der Waals surface area contributed by atoms with Crippen LogP contribution in [0.3, 0.4) is 0 Å². The molecule has 0 aromatic carbocycles. The van der Waals surface area contributed by atoms with Crippen LogP contribution in [0.2, 0.25) is 0 Å². The van der Waals surface area contributed by atoms with Gasteiger partial charge < -0.3 is 0 Å². The van der Waals surface area contributed by atoms with Gasteiger partial charge in [-0.05, 0) is 0 Å². The zero-order valence-corrected chi connectivity index (χ0v) is 6.06. The molecule has 0 atom stereocenters. The molecule has 2 nitrogen and oxygen atoms in total. The molecule has 56 valence electrons. The molecular weight excluding hydrogens is 128 g/mol. The molecule has 0 heterocycles. The smallest absolute Gasteiger partial charge is 0.133 e. The molecule has 0 amide bonds. The average Bonchev–Trinajstić information content (AvgIpc) is 2.00. The second-order valence-electron chi connectivity index (χ2n) is 2.08. The van der Waals surface area contributed by atoms with Gasteiger partial charge in [-0.15, -0.1) is 13.2 Å². The van der Waals surface area contributed by atoms with E-state index in [0.29, 0.717) is 25.7 Å². The van der Waals surface area contributed by atoms with E-state index < -0.39 is 0 Å². The Morgan fingerprint density at radius 2 is 1.00 bits per heavy atom. The maximum absolute atomic E-state index is 10.5. The average molecular weight is 140 g/mol. The quantitative estimate of drug-likeness (QED) is 0.478. The third-order valence-corrected chi connectivity index (χ3v) is 1.37. The summed E-state index contributed by atoms with van der Waals surface area (Å²) in [5.74, 6) is 0.481. The minimum atomic E-state index is 0.240. The van der Waals surface area contributed by atoms with Crippen LogP contribution in [0.25, 0.3) is 0 Å². The third kappa shape index (κ3) is 3.17. The van der Waals surface area contributed by atoms with E-state index in [-0.39, 0.29) is 11.6 Å². The summed E-state index contributed by atoms with van der Waals surface area (Å²) in [4.78, 5) is 20.9. The van der Waals surface area contributed by atoms with Crippen LogP contribution in [0.1, 0.15) is 25.7 Å². The van der Waals surface area contributed by atoms with E-state index in [9.17, 15) is 9.59 Å². The van der Waals surface area contributed by atoms with Crippen LogP contribution in [0, 0.1) is 0 Å². The first-order valence-electron chi connectivity index (χ1n) is 3.32. The van der Waals surface area contributed by atoms with E-state index in [1.54, 1.807) is 0 Å². The number of Topliss-reactive ketones (excluding diaryl/α,β-unsaturated/α-hetero) is 2. The lowest BCUT2D eigenvalue weighted by molar-refractivity contribution is -0.128. The van der Waals surface area contributed by atoms with Crippen molar-refractivity contribution >= 4 is 11.6 Å². The molecular formula is C8H12O2. The fourth-order valence-electron chi connectivity index (χ4n) is 0.808. The number of ketones is 2. The molecule has 0 aromatic heterocycles. The summed E-state index contributed by atoms with van der Waals surface area (Å²) in [6.45, 7) is 6.00. The predicted octanol–water partition coefficient (Wildman–Crippen LogP) is 1.50. The van der Waals surface area contributed by atoms with E-state index in [0.717, 1.165) is 0 Å². The first kappa shape index (κ1) is 9.08. The van der Waals surface area contributed by atoms with Gasteiger partial charge in [0, 0.05) is 25.7 Å². The molecule has 10 heavy (non-hydrogen) atoms. The van der Waals surface area contributed by atoms with Crippen molar-refractivity contribution in [2.24, 2.45) is 0 Å². The minimum Gasteiger partial charge on any atom is -0.300 e. The molecule has 0 bridgehead atoms. The van der Waals surface area contributed by atoms with Crippen molar-refractivity contribution in [3.63, 3.8) is 0 Å². The highest BCUT2D eigenvalue weighted by molar-refractivity contribution is 5.92. The fraction of sp³-hybridized carbons (Fsp3) is 0.500. The summed E-state index contributed by atoms with van der Waals surface area (Å²) in [6.07, 6.45) is 1.94. The molecule has 1 aliphatic rings. The Hall–Kier alpha value is -0.920. The molecule has 0 aliphatic heterocycles. The summed E-state index contributed by atoms with van der Waals surface area (Å²) < 4.78 is 0. The van der Waals surface area contributed by atoms with Gasteiger partial charge in [-0.3, -0.25) is 9.59 Å². The lowest BCUT2D eigenvalue weighted by Crippen LogP contribution is -2.12. The molecule has 1 saturated carbocycles. The van der Waals surface area contributed by atoms with Crippen LogP contribution >= 0.6 is 0 Å². The Morgan fingerprint density at radius 1 is 0.800 bits per heavy atom. The van der Waals surface area contributed by atoms with Gasteiger partial charge >= 0.3 is 0 Å². The minimum absolute atomic E-state index is 0.240. The van der Waals surface area contributed by atoms with E-state index in [2.05, 4.69) is 13.2 Å². The number of carbonyl (C=O) groups excluding carboxylic acids is 2. The monoisotopic (exact) mass is 140 g/mol. The summed E-state index contributed by atoms with van der Waals surface area (Å²) >= 11 is 0. The fourth-order valence-corrected chi connectivity index (χ4v) is 0.808. The summed E-state index contributed by atoms with van der Waals surface area (Å²) in [5, 5.41) is 0. The van der Waals surface area contributed by atoms with Crippen molar-refractivity contribution in [1.82, 2.24) is 0 Å². The van der Waals surface area contributed by atoms with E-state index in [4.69, 9.17) is 0 Å². The number of hydrogen-bond donors (Lipinski definition) is 0. The standard InChI is InChI=1S/C6H8O2.C2H4/c7-5-1-2-6(8)4-3-5;1-2/h1-4H2;1-2H2. The predicted molar refractivity (Wildman–Crippen MR) is 39.7 cm³/mol. The van der Waals surface area contributed by atoms with Gasteiger partial charge in [-0.2, -0.15) is 0 Å². The molecule has 1 fully saturated rings. The molecule has 0 radical (unpaired) electrons. The third-order valence-electron chi connectivity index (χ3n) is 1.37. The van der Waals surface area contributed by atoms with E-state index >= 15 is 0 Å². The maximum atomic E-state index is 10.5. The number of rotatable bonds is 0. The Morgan fingerprint density at radius 3 is 1.20 bits per heavy atom. The van der Waals surface area contributed by atoms with Crippen molar-refractivity contribution in [3.8, 4) is 0 Å². The second kappa shape index (κ2) is 4.91. The van der Waals surface area contributed by atoms with E-state index in [1.807, 2.05) is 0 Å². The number of hydrogen-bond acceptors (Lipinski definition) is 2. The molecule has 2 heteroatoms. The van der Waals surface area contributed by atoms with Gasteiger partial charge in [0.2, 0.25) is 0 Å². The largest absolute Gasteiger partial charge is 0.300 e. The van der Waals surface area contributed by atoms with Gasteiger partial charge in [-0.1, -0.05) is 0 Å². The maximum Gasteiger partial charge on any atom is 0.133 e. The van der Waals surface area contributed by atoms with Crippen LogP contribution in [-0.4, -0.2) is 11.6 Å². The molecule has 1 aliphatic carbocycles. The van der Waals surface area contributed by atoms with Crippen molar-refractivity contribution in [1.29, 1.82) is 0 Å². The Balaban J connectivity index is 0.000000371. The molecule has 0 N–H and O–H groups in total. The zero-order valence-electron chi connectivity index (χ0n) is 6.06. The van der Waals surface area contributed by atoms with Gasteiger partial charge in [0.15, 0.2) is 0 Å². The first-order chi connectivity index (χ1) is 4.79. The summed E-state index contributed by atoms with van der Waals surface area (Å²) in [5.41, 5.74) is 0. The van der Waals surface area contributed by atoms with Gasteiger partial charge in [0.05, 0.1) is 0 Å². The highest BCUT2D eigenvalue weighted by atomic mass is 16.1. The van der Waals surface area contributed by atoms with Gasteiger partial charge in [0.25, 0.3) is 0 Å². The van der Waals surface area contributed by atoms with Gasteiger partial charge in [0.1, 0.15) is 11.6 Å². The lowest BCUT2D eigenvalue weighted by atomic mass is 9.98. The van der Waals surface area contributed by atoms with E-state index in [1.165, 1.54) is 0 Å². The van der Waals surface area contributed by atoms with Crippen molar-refractivity contribution in [3.05, 3.63) is 13.2 Å². The normalized spacial score (nSPS) is 17.6. The number of carbonyl (C=O) groups is 2. The summed E-state index contributed by atoms with van der Waals surface area (Å²) in [6, 6.07) is 0. The van der Waals surface area contributed by atoms with Crippen LogP contribution in [0.4, 0.5) is 0 Å². The molecule has 0 unspecified atom stereocenters. The summed E-state index contributed by atoms with van der Waals surface area (Å²) in [7, 11) is 0. The molecule has 1 rings (SSSR count). The second-order valence-corrected chi connectivity index (χ2v) is 2.08. The van der Waals surface area contributed by atoms with Crippen molar-refractivity contribution < 1.29 is 9.59 Å². The topological polar surface area (TPSA) is 34.1 Å². The molecule has 0 spiro atoms. The van der Waals surface area contributed by atoms with Crippen LogP contribution in [0.15, 0.2) is 13.2 Å². The first-order valence-corrected chi connectivity index (χ1v) is 3.32. The Bertz CT molecular complexity index is 110. The highest BCUT2D eigenvalue weighted by Gasteiger charge is 2.13. The Kier molecular flexibility index (Phi) is 4.46. The van der Waals surface area contributed by atoms with Crippen LogP contribution in [-0.2, 0) is 9.59 Å². The lowest BCUT2D eigenvalue weighted by Gasteiger charge is -2.04. The van der Waals surface area contributed by atoms with Crippen LogP contribution < -0.4 is 0 Å². The Labute approximate surface area is 60.9 Å². The highest BCUT2D eigenvalue weighted by Crippen LogP contribution is 2.08. The SMILES string of the molecule is C=C.O=C1CCC(=O)CC1. The van der Waals surface area contributed by atoms with Gasteiger partial charge in [-0.25, -0.2) is 0 Å². The molecule has 0 aromatic rings. The van der Waals surface area contributed by atoms with Crippen molar-refractivity contribution in [2.75, 3.05) is 0 Å². The van der Waals surface area contributed by atoms with Crippen LogP contribution in [0.5, 0.6) is 0 Å². The molecule has 0 saturated heterocycles. The zero-order chi connectivity index (χ0) is 7.98.